The van der Waals surface area contributed by atoms with Gasteiger partial charge in [-0.05, 0) is 28.1 Å². The number of nitrogens with two attached hydrogens (primary N) is 1. The maximum atomic E-state index is 13.4. The summed E-state index contributed by atoms with van der Waals surface area (Å²) in [4.78, 5) is 0. The molecule has 1 aromatic heterocycles. The molecule has 0 bridgehead atoms. The Morgan fingerprint density at radius 2 is 2.12 bits per heavy atom. The van der Waals surface area contributed by atoms with Crippen molar-refractivity contribution in [1.82, 2.24) is 9.78 Å². The molecule has 0 aliphatic heterocycles. The van der Waals surface area contributed by atoms with Gasteiger partial charge in [-0.3, -0.25) is 4.68 Å². The van der Waals surface area contributed by atoms with Crippen molar-refractivity contribution in [3.8, 4) is 16.9 Å². The molecule has 1 aromatic carbocycles. The molecule has 0 spiro atoms. The van der Waals surface area contributed by atoms with Crippen LogP contribution in [0.1, 0.15) is 0 Å². The summed E-state index contributed by atoms with van der Waals surface area (Å²) in [5, 5.41) is 4.03. The molecule has 0 saturated carbocycles. The number of halogens is 2. The van der Waals surface area contributed by atoms with Gasteiger partial charge in [-0.25, -0.2) is 4.39 Å². The summed E-state index contributed by atoms with van der Waals surface area (Å²) in [5.74, 6) is 0.628. The Bertz CT molecular complexity index is 568. The Kier molecular flexibility index (Phi) is 3.06. The predicted octanol–water partition coefficient (Wildman–Crippen LogP) is 2.58. The Balaban J connectivity index is 2.70. The number of methoxy groups -OCH3 is 1. The number of aromatic nitrogens is 2. The largest absolute Gasteiger partial charge is 0.495 e. The van der Waals surface area contributed by atoms with Gasteiger partial charge in [-0.2, -0.15) is 5.10 Å². The van der Waals surface area contributed by atoms with Gasteiger partial charge in [0.15, 0.2) is 0 Å². The fourth-order valence-electron chi connectivity index (χ4n) is 1.62. The average molecular weight is 300 g/mol. The van der Waals surface area contributed by atoms with E-state index < -0.39 is 0 Å². The van der Waals surface area contributed by atoms with E-state index in [0.717, 1.165) is 0 Å². The van der Waals surface area contributed by atoms with Crippen molar-refractivity contribution in [3.05, 3.63) is 28.6 Å². The zero-order valence-corrected chi connectivity index (χ0v) is 11.0. The van der Waals surface area contributed by atoms with Gasteiger partial charge >= 0.3 is 0 Å². The van der Waals surface area contributed by atoms with Crippen LogP contribution in [-0.4, -0.2) is 16.9 Å². The fourth-order valence-corrected chi connectivity index (χ4v) is 2.22. The van der Waals surface area contributed by atoms with E-state index in [1.165, 1.54) is 23.9 Å². The van der Waals surface area contributed by atoms with Crippen LogP contribution in [0.25, 0.3) is 11.1 Å². The smallest absolute Gasteiger partial charge is 0.141 e. The Morgan fingerprint density at radius 3 is 2.65 bits per heavy atom. The third kappa shape index (κ3) is 2.00. The molecule has 90 valence electrons. The first-order chi connectivity index (χ1) is 8.04. The highest BCUT2D eigenvalue weighted by molar-refractivity contribution is 9.10. The van der Waals surface area contributed by atoms with E-state index in [1.54, 1.807) is 13.2 Å². The highest BCUT2D eigenvalue weighted by Crippen LogP contribution is 2.39. The van der Waals surface area contributed by atoms with E-state index in [9.17, 15) is 4.39 Å². The molecule has 0 amide bonds. The van der Waals surface area contributed by atoms with Crippen LogP contribution in [0.5, 0.6) is 5.75 Å². The standard InChI is InChI=1S/C11H11BrFN3O/c1-16-11(14)8(5-15-16)7-3-6(13)4-9(12)10(7)17-2/h3-5H,14H2,1-2H3. The summed E-state index contributed by atoms with van der Waals surface area (Å²) in [5.41, 5.74) is 7.08. The van der Waals surface area contributed by atoms with Crippen molar-refractivity contribution in [2.45, 2.75) is 0 Å². The molecule has 0 aliphatic carbocycles. The summed E-state index contributed by atoms with van der Waals surface area (Å²) in [6, 6.07) is 2.71. The summed E-state index contributed by atoms with van der Waals surface area (Å²) in [6.07, 6.45) is 1.58. The molecule has 4 nitrogen and oxygen atoms in total. The van der Waals surface area contributed by atoms with E-state index >= 15 is 0 Å². The highest BCUT2D eigenvalue weighted by Gasteiger charge is 2.16. The van der Waals surface area contributed by atoms with Crippen molar-refractivity contribution in [2.75, 3.05) is 12.8 Å². The number of benzene rings is 1. The van der Waals surface area contributed by atoms with Gasteiger partial charge < -0.3 is 10.5 Å². The monoisotopic (exact) mass is 299 g/mol. The highest BCUT2D eigenvalue weighted by atomic mass is 79.9. The summed E-state index contributed by atoms with van der Waals surface area (Å²) in [7, 11) is 3.24. The zero-order chi connectivity index (χ0) is 12.6. The van der Waals surface area contributed by atoms with Gasteiger partial charge in [0.1, 0.15) is 17.4 Å². The molecule has 0 aliphatic rings. The van der Waals surface area contributed by atoms with Gasteiger partial charge in [0, 0.05) is 18.2 Å². The van der Waals surface area contributed by atoms with Crippen molar-refractivity contribution in [3.63, 3.8) is 0 Å². The van der Waals surface area contributed by atoms with E-state index in [4.69, 9.17) is 10.5 Å². The lowest BCUT2D eigenvalue weighted by Gasteiger charge is -2.10. The van der Waals surface area contributed by atoms with Crippen LogP contribution in [0.15, 0.2) is 22.8 Å². The third-order valence-corrected chi connectivity index (χ3v) is 3.08. The molecular formula is C11H11BrFN3O. The lowest BCUT2D eigenvalue weighted by Crippen LogP contribution is -1.99. The lowest BCUT2D eigenvalue weighted by molar-refractivity contribution is 0.412. The number of ether oxygens (including phenoxy) is 1. The zero-order valence-electron chi connectivity index (χ0n) is 9.37. The first-order valence-corrected chi connectivity index (χ1v) is 5.64. The van der Waals surface area contributed by atoms with Crippen molar-refractivity contribution in [1.29, 1.82) is 0 Å². The summed E-state index contributed by atoms with van der Waals surface area (Å²) in [6.45, 7) is 0. The third-order valence-electron chi connectivity index (χ3n) is 2.49. The number of hydrogen-bond acceptors (Lipinski definition) is 3. The number of aryl methyl sites for hydroxylation is 1. The molecule has 0 atom stereocenters. The van der Waals surface area contributed by atoms with E-state index in [1.807, 2.05) is 0 Å². The van der Waals surface area contributed by atoms with E-state index in [2.05, 4.69) is 21.0 Å². The van der Waals surface area contributed by atoms with Crippen molar-refractivity contribution >= 4 is 21.7 Å². The van der Waals surface area contributed by atoms with E-state index in [-0.39, 0.29) is 5.82 Å². The van der Waals surface area contributed by atoms with Crippen LogP contribution in [0.4, 0.5) is 10.2 Å². The quantitative estimate of drug-likeness (QED) is 0.927. The Hall–Kier alpha value is -1.56. The number of rotatable bonds is 2. The van der Waals surface area contributed by atoms with Crippen LogP contribution >= 0.6 is 15.9 Å². The van der Waals surface area contributed by atoms with Gasteiger partial charge in [0.2, 0.25) is 0 Å². The maximum Gasteiger partial charge on any atom is 0.141 e. The molecule has 0 unspecified atom stereocenters. The maximum absolute atomic E-state index is 13.4. The van der Waals surface area contributed by atoms with Gasteiger partial charge in [0.05, 0.1) is 17.8 Å². The molecule has 0 saturated heterocycles. The lowest BCUT2D eigenvalue weighted by atomic mass is 10.1. The van der Waals surface area contributed by atoms with Gasteiger partial charge in [-0.15, -0.1) is 0 Å². The molecule has 6 heteroatoms. The number of nitrogens with zero attached hydrogens (tertiary/aromatic N) is 2. The second kappa shape index (κ2) is 4.37. The van der Waals surface area contributed by atoms with Crippen LogP contribution in [0, 0.1) is 5.82 Å². The van der Waals surface area contributed by atoms with E-state index in [0.29, 0.717) is 27.2 Å². The minimum absolute atomic E-state index is 0.365. The molecule has 2 rings (SSSR count). The molecule has 0 radical (unpaired) electrons. The summed E-state index contributed by atoms with van der Waals surface area (Å²) < 4.78 is 20.7. The van der Waals surface area contributed by atoms with Crippen LogP contribution in [-0.2, 0) is 7.05 Å². The number of anilines is 1. The molecular weight excluding hydrogens is 289 g/mol. The molecule has 2 aromatic rings. The molecule has 0 fully saturated rings. The normalized spacial score (nSPS) is 10.6. The second-order valence-electron chi connectivity index (χ2n) is 3.54. The van der Waals surface area contributed by atoms with Crippen LogP contribution in [0.3, 0.4) is 0 Å². The number of nitrogen functional groups attached to an aromatic ring is 1. The number of hydrogen-bond donors (Lipinski definition) is 1. The first-order valence-electron chi connectivity index (χ1n) is 4.85. The second-order valence-corrected chi connectivity index (χ2v) is 4.39. The minimum atomic E-state index is -0.365. The van der Waals surface area contributed by atoms with Gasteiger partial charge in [-0.1, -0.05) is 0 Å². The van der Waals surface area contributed by atoms with Crippen LogP contribution in [0.2, 0.25) is 0 Å². The first kappa shape index (κ1) is 11.9. The van der Waals surface area contributed by atoms with Crippen LogP contribution < -0.4 is 10.5 Å². The topological polar surface area (TPSA) is 53.1 Å². The fraction of sp³-hybridized carbons (Fsp3) is 0.182. The van der Waals surface area contributed by atoms with Crippen molar-refractivity contribution < 1.29 is 9.13 Å². The average Bonchev–Trinajstić information content (AvgIpc) is 2.59. The minimum Gasteiger partial charge on any atom is -0.495 e. The molecule has 1 heterocycles. The Labute approximate surface area is 106 Å². The van der Waals surface area contributed by atoms with Gasteiger partial charge in [0.25, 0.3) is 0 Å². The SMILES string of the molecule is COc1c(Br)cc(F)cc1-c1cnn(C)c1N. The predicted molar refractivity (Wildman–Crippen MR) is 67.3 cm³/mol. The van der Waals surface area contributed by atoms with Crippen molar-refractivity contribution in [2.24, 2.45) is 7.05 Å². The Morgan fingerprint density at radius 1 is 1.41 bits per heavy atom. The molecule has 2 N–H and O–H groups in total. The molecule has 17 heavy (non-hydrogen) atoms. The summed E-state index contributed by atoms with van der Waals surface area (Å²) >= 11 is 3.25.